The molecule has 0 fully saturated rings. The van der Waals surface area contributed by atoms with Gasteiger partial charge in [-0.1, -0.05) is 46.0 Å². The minimum atomic E-state index is 0.105. The highest BCUT2D eigenvalue weighted by molar-refractivity contribution is 5.75. The summed E-state index contributed by atoms with van der Waals surface area (Å²) in [5.74, 6) is 0.152. The number of nitrogens with one attached hydrogen (secondary N) is 1. The topological polar surface area (TPSA) is 55.1 Å². The van der Waals surface area contributed by atoms with Crippen LogP contribution in [0.4, 0.5) is 0 Å². The fraction of sp³-hybridized carbons (Fsp3) is 0.923. The standard InChI is InChI=1S/C13H28N2O/c1-3-5-6-7-8-9-10-13(16)15-11-12(14)4-2/h12H,3-11,14H2,1-2H3,(H,15,16). The molecular formula is C13H28N2O. The van der Waals surface area contributed by atoms with Crippen LogP contribution >= 0.6 is 0 Å². The lowest BCUT2D eigenvalue weighted by molar-refractivity contribution is -0.121. The Labute approximate surface area is 100 Å². The van der Waals surface area contributed by atoms with Crippen LogP contribution < -0.4 is 11.1 Å². The van der Waals surface area contributed by atoms with Gasteiger partial charge in [0.2, 0.25) is 5.91 Å². The van der Waals surface area contributed by atoms with Gasteiger partial charge in [-0.2, -0.15) is 0 Å². The second kappa shape index (κ2) is 10.9. The van der Waals surface area contributed by atoms with Gasteiger partial charge in [0.25, 0.3) is 0 Å². The lowest BCUT2D eigenvalue weighted by atomic mass is 10.1. The first-order chi connectivity index (χ1) is 7.70. The summed E-state index contributed by atoms with van der Waals surface area (Å²) in [4.78, 5) is 11.4. The van der Waals surface area contributed by atoms with Gasteiger partial charge in [0.1, 0.15) is 0 Å². The maximum Gasteiger partial charge on any atom is 0.220 e. The third-order valence-electron chi connectivity index (χ3n) is 2.84. The smallest absolute Gasteiger partial charge is 0.220 e. The van der Waals surface area contributed by atoms with Crippen LogP contribution in [0.25, 0.3) is 0 Å². The summed E-state index contributed by atoms with van der Waals surface area (Å²) in [5.41, 5.74) is 5.72. The molecule has 3 N–H and O–H groups in total. The molecule has 0 saturated heterocycles. The van der Waals surface area contributed by atoms with E-state index in [-0.39, 0.29) is 11.9 Å². The van der Waals surface area contributed by atoms with E-state index in [9.17, 15) is 4.79 Å². The molecule has 3 heteroatoms. The van der Waals surface area contributed by atoms with E-state index in [0.717, 1.165) is 12.8 Å². The maximum atomic E-state index is 11.4. The second-order valence-electron chi connectivity index (χ2n) is 4.49. The van der Waals surface area contributed by atoms with Crippen molar-refractivity contribution in [2.45, 2.75) is 71.3 Å². The molecule has 16 heavy (non-hydrogen) atoms. The molecule has 0 bridgehead atoms. The number of nitrogens with two attached hydrogens (primary N) is 1. The maximum absolute atomic E-state index is 11.4. The second-order valence-corrected chi connectivity index (χ2v) is 4.49. The summed E-state index contributed by atoms with van der Waals surface area (Å²) in [7, 11) is 0. The number of unbranched alkanes of at least 4 members (excludes halogenated alkanes) is 5. The Hall–Kier alpha value is -0.570. The van der Waals surface area contributed by atoms with Crippen molar-refractivity contribution in [2.24, 2.45) is 5.73 Å². The Balaban J connectivity index is 3.24. The minimum Gasteiger partial charge on any atom is -0.355 e. The minimum absolute atomic E-state index is 0.105. The van der Waals surface area contributed by atoms with Crippen LogP contribution in [0.15, 0.2) is 0 Å². The first kappa shape index (κ1) is 15.4. The van der Waals surface area contributed by atoms with E-state index in [4.69, 9.17) is 5.73 Å². The van der Waals surface area contributed by atoms with Crippen LogP contribution in [-0.4, -0.2) is 18.5 Å². The molecule has 0 aromatic rings. The van der Waals surface area contributed by atoms with Crippen molar-refractivity contribution in [3.63, 3.8) is 0 Å². The molecule has 3 nitrogen and oxygen atoms in total. The van der Waals surface area contributed by atoms with Crippen molar-refractivity contribution in [2.75, 3.05) is 6.54 Å². The van der Waals surface area contributed by atoms with Crippen LogP contribution in [-0.2, 0) is 4.79 Å². The average Bonchev–Trinajstić information content (AvgIpc) is 2.30. The van der Waals surface area contributed by atoms with Gasteiger partial charge in [0, 0.05) is 19.0 Å². The molecule has 0 radical (unpaired) electrons. The lowest BCUT2D eigenvalue weighted by Crippen LogP contribution is -2.36. The number of carbonyl (C=O) groups excluding carboxylic acids is 1. The number of amides is 1. The van der Waals surface area contributed by atoms with Gasteiger partial charge in [-0.05, 0) is 12.8 Å². The zero-order chi connectivity index (χ0) is 12.2. The summed E-state index contributed by atoms with van der Waals surface area (Å²) in [6.45, 7) is 4.86. The number of rotatable bonds is 10. The largest absolute Gasteiger partial charge is 0.355 e. The highest BCUT2D eigenvalue weighted by Crippen LogP contribution is 2.06. The normalized spacial score (nSPS) is 12.4. The summed E-state index contributed by atoms with van der Waals surface area (Å²) >= 11 is 0. The van der Waals surface area contributed by atoms with Crippen molar-refractivity contribution < 1.29 is 4.79 Å². The fourth-order valence-electron chi connectivity index (χ4n) is 1.54. The van der Waals surface area contributed by atoms with Crippen molar-refractivity contribution in [3.8, 4) is 0 Å². The lowest BCUT2D eigenvalue weighted by Gasteiger charge is -2.10. The van der Waals surface area contributed by atoms with Crippen molar-refractivity contribution in [1.29, 1.82) is 0 Å². The van der Waals surface area contributed by atoms with Gasteiger partial charge >= 0.3 is 0 Å². The van der Waals surface area contributed by atoms with Crippen LogP contribution in [0.2, 0.25) is 0 Å². The monoisotopic (exact) mass is 228 g/mol. The molecule has 0 heterocycles. The van der Waals surface area contributed by atoms with E-state index in [1.807, 2.05) is 6.92 Å². The van der Waals surface area contributed by atoms with E-state index < -0.39 is 0 Å². The van der Waals surface area contributed by atoms with Crippen molar-refractivity contribution in [1.82, 2.24) is 5.32 Å². The summed E-state index contributed by atoms with van der Waals surface area (Å²) in [6, 6.07) is 0.105. The zero-order valence-electron chi connectivity index (χ0n) is 10.9. The van der Waals surface area contributed by atoms with E-state index >= 15 is 0 Å². The molecule has 0 spiro atoms. The molecule has 1 atom stereocenters. The van der Waals surface area contributed by atoms with Gasteiger partial charge in [0.15, 0.2) is 0 Å². The Bertz CT molecular complexity index is 171. The van der Waals surface area contributed by atoms with Gasteiger partial charge in [-0.3, -0.25) is 4.79 Å². The molecule has 0 aliphatic rings. The first-order valence-corrected chi connectivity index (χ1v) is 6.73. The van der Waals surface area contributed by atoms with Crippen molar-refractivity contribution in [3.05, 3.63) is 0 Å². The molecule has 0 aliphatic carbocycles. The molecular weight excluding hydrogens is 200 g/mol. The Kier molecular flexibility index (Phi) is 10.5. The van der Waals surface area contributed by atoms with E-state index in [1.54, 1.807) is 0 Å². The molecule has 1 unspecified atom stereocenters. The van der Waals surface area contributed by atoms with Crippen LogP contribution in [0, 0.1) is 0 Å². The van der Waals surface area contributed by atoms with Gasteiger partial charge in [-0.15, -0.1) is 0 Å². The van der Waals surface area contributed by atoms with Gasteiger partial charge in [0.05, 0.1) is 0 Å². The molecule has 0 aromatic carbocycles. The van der Waals surface area contributed by atoms with Crippen LogP contribution in [0.1, 0.15) is 65.2 Å². The van der Waals surface area contributed by atoms with Crippen molar-refractivity contribution >= 4 is 5.91 Å². The highest BCUT2D eigenvalue weighted by atomic mass is 16.1. The molecule has 0 aliphatic heterocycles. The predicted octanol–water partition coefficient (Wildman–Crippen LogP) is 2.59. The van der Waals surface area contributed by atoms with E-state index in [2.05, 4.69) is 12.2 Å². The number of hydrogen-bond acceptors (Lipinski definition) is 2. The molecule has 0 saturated carbocycles. The molecule has 0 rings (SSSR count). The highest BCUT2D eigenvalue weighted by Gasteiger charge is 2.03. The van der Waals surface area contributed by atoms with E-state index in [0.29, 0.717) is 13.0 Å². The Morgan fingerprint density at radius 2 is 1.75 bits per heavy atom. The summed E-state index contributed by atoms with van der Waals surface area (Å²) in [6.07, 6.45) is 8.91. The Morgan fingerprint density at radius 3 is 2.38 bits per heavy atom. The Morgan fingerprint density at radius 1 is 1.12 bits per heavy atom. The third-order valence-corrected chi connectivity index (χ3v) is 2.84. The third kappa shape index (κ3) is 9.97. The summed E-state index contributed by atoms with van der Waals surface area (Å²) in [5, 5.41) is 2.87. The molecule has 96 valence electrons. The predicted molar refractivity (Wildman–Crippen MR) is 69.3 cm³/mol. The van der Waals surface area contributed by atoms with Crippen LogP contribution in [0.3, 0.4) is 0 Å². The average molecular weight is 228 g/mol. The van der Waals surface area contributed by atoms with Gasteiger partial charge < -0.3 is 11.1 Å². The number of carbonyl (C=O) groups is 1. The van der Waals surface area contributed by atoms with E-state index in [1.165, 1.54) is 32.1 Å². The molecule has 1 amide bonds. The van der Waals surface area contributed by atoms with Gasteiger partial charge in [-0.25, -0.2) is 0 Å². The fourth-order valence-corrected chi connectivity index (χ4v) is 1.54. The number of hydrogen-bond donors (Lipinski definition) is 2. The van der Waals surface area contributed by atoms with Crippen LogP contribution in [0.5, 0.6) is 0 Å². The molecule has 0 aromatic heterocycles. The zero-order valence-corrected chi connectivity index (χ0v) is 10.9. The first-order valence-electron chi connectivity index (χ1n) is 6.73. The quantitative estimate of drug-likeness (QED) is 0.565. The summed E-state index contributed by atoms with van der Waals surface area (Å²) < 4.78 is 0. The SMILES string of the molecule is CCCCCCCCC(=O)NCC(N)CC.